The topological polar surface area (TPSA) is 162 Å². The summed E-state index contributed by atoms with van der Waals surface area (Å²) in [5, 5.41) is 24.8. The molecule has 4 rings (SSSR count). The number of carboxylic acids is 2. The fourth-order valence-corrected chi connectivity index (χ4v) is 4.94. The second-order valence-corrected chi connectivity index (χ2v) is 9.85. The summed E-state index contributed by atoms with van der Waals surface area (Å²) in [6.45, 7) is 0.903. The number of amides is 3. The Morgan fingerprint density at radius 3 is 2.22 bits per heavy atom. The SMILES string of the molecule is CC1(C(=O)O)CC(C(=O)O)N(C(=O)CNC(=O)Nc2cccc(C(=O)OCc3ccccc3)c2)C1c1ccccc1. The number of carboxylic acid groups (broad SMARTS) is 2. The molecule has 4 N–H and O–H groups in total. The number of benzene rings is 3. The minimum Gasteiger partial charge on any atom is -0.481 e. The molecule has 1 fully saturated rings. The molecule has 1 heterocycles. The van der Waals surface area contributed by atoms with Gasteiger partial charge in [-0.05, 0) is 42.7 Å². The summed E-state index contributed by atoms with van der Waals surface area (Å²) in [6.07, 6.45) is -0.303. The van der Waals surface area contributed by atoms with Crippen LogP contribution in [0.15, 0.2) is 84.9 Å². The molecule has 212 valence electrons. The lowest BCUT2D eigenvalue weighted by Gasteiger charge is -2.33. The van der Waals surface area contributed by atoms with Crippen LogP contribution in [0.3, 0.4) is 0 Å². The van der Waals surface area contributed by atoms with E-state index >= 15 is 0 Å². The highest BCUT2D eigenvalue weighted by Gasteiger charge is 2.58. The Bertz CT molecular complexity index is 1450. The van der Waals surface area contributed by atoms with Crippen LogP contribution in [0, 0.1) is 5.41 Å². The van der Waals surface area contributed by atoms with Gasteiger partial charge in [0.2, 0.25) is 5.91 Å². The fraction of sp³-hybridized carbons (Fsp3) is 0.233. The Balaban J connectivity index is 1.42. The average Bonchev–Trinajstić information content (AvgIpc) is 3.31. The molecule has 11 nitrogen and oxygen atoms in total. The second kappa shape index (κ2) is 12.3. The summed E-state index contributed by atoms with van der Waals surface area (Å²) in [5.74, 6) is -3.93. The highest BCUT2D eigenvalue weighted by Crippen LogP contribution is 2.50. The molecule has 0 spiro atoms. The maximum absolute atomic E-state index is 13.3. The Morgan fingerprint density at radius 1 is 0.927 bits per heavy atom. The van der Waals surface area contributed by atoms with Crippen LogP contribution >= 0.6 is 0 Å². The normalized spacial score (nSPS) is 19.7. The number of esters is 1. The van der Waals surface area contributed by atoms with E-state index in [1.54, 1.807) is 42.5 Å². The molecule has 0 aromatic heterocycles. The van der Waals surface area contributed by atoms with Gasteiger partial charge in [0, 0.05) is 5.69 Å². The average molecular weight is 560 g/mol. The van der Waals surface area contributed by atoms with E-state index in [1.165, 1.54) is 19.1 Å². The lowest BCUT2D eigenvalue weighted by molar-refractivity contribution is -0.152. The third-order valence-electron chi connectivity index (χ3n) is 6.98. The molecule has 11 heteroatoms. The molecular weight excluding hydrogens is 530 g/mol. The van der Waals surface area contributed by atoms with Gasteiger partial charge in [-0.1, -0.05) is 66.7 Å². The molecule has 0 bridgehead atoms. The first-order valence-electron chi connectivity index (χ1n) is 12.8. The Hall–Kier alpha value is -5.19. The van der Waals surface area contributed by atoms with Crippen LogP contribution in [0.25, 0.3) is 0 Å². The zero-order valence-electron chi connectivity index (χ0n) is 22.2. The highest BCUT2D eigenvalue weighted by atomic mass is 16.5. The molecule has 0 saturated carbocycles. The van der Waals surface area contributed by atoms with Crippen LogP contribution in [0.1, 0.15) is 40.9 Å². The third kappa shape index (κ3) is 6.52. The third-order valence-corrected chi connectivity index (χ3v) is 6.98. The lowest BCUT2D eigenvalue weighted by Crippen LogP contribution is -2.48. The minimum atomic E-state index is -1.57. The molecule has 0 radical (unpaired) electrons. The molecule has 1 aliphatic heterocycles. The van der Waals surface area contributed by atoms with Gasteiger partial charge in [0.1, 0.15) is 12.6 Å². The number of nitrogens with zero attached hydrogens (tertiary/aromatic N) is 1. The molecular formula is C30H29N3O8. The van der Waals surface area contributed by atoms with E-state index in [4.69, 9.17) is 4.74 Å². The number of nitrogens with one attached hydrogen (secondary N) is 2. The first-order valence-corrected chi connectivity index (χ1v) is 12.8. The number of anilines is 1. The molecule has 3 unspecified atom stereocenters. The van der Waals surface area contributed by atoms with Crippen LogP contribution in [0.5, 0.6) is 0 Å². The number of ether oxygens (including phenoxy) is 1. The zero-order valence-corrected chi connectivity index (χ0v) is 22.2. The van der Waals surface area contributed by atoms with Crippen molar-refractivity contribution in [2.24, 2.45) is 5.41 Å². The highest BCUT2D eigenvalue weighted by molar-refractivity contribution is 5.96. The van der Waals surface area contributed by atoms with Gasteiger partial charge >= 0.3 is 23.9 Å². The maximum Gasteiger partial charge on any atom is 0.338 e. The van der Waals surface area contributed by atoms with Gasteiger partial charge in [0.25, 0.3) is 0 Å². The summed E-state index contributed by atoms with van der Waals surface area (Å²) in [4.78, 5) is 63.7. The summed E-state index contributed by atoms with van der Waals surface area (Å²) in [7, 11) is 0. The Kier molecular flexibility index (Phi) is 8.66. The molecule has 0 aliphatic carbocycles. The smallest absolute Gasteiger partial charge is 0.338 e. The van der Waals surface area contributed by atoms with Crippen molar-refractivity contribution in [3.8, 4) is 0 Å². The van der Waals surface area contributed by atoms with Crippen molar-refractivity contribution < 1.29 is 38.9 Å². The van der Waals surface area contributed by atoms with E-state index < -0.39 is 53.9 Å². The Labute approximate surface area is 235 Å². The molecule has 3 aromatic carbocycles. The van der Waals surface area contributed by atoms with Gasteiger partial charge in [-0.25, -0.2) is 14.4 Å². The van der Waals surface area contributed by atoms with Crippen molar-refractivity contribution in [3.63, 3.8) is 0 Å². The number of carbonyl (C=O) groups is 5. The molecule has 3 amide bonds. The minimum absolute atomic E-state index is 0.0820. The van der Waals surface area contributed by atoms with Crippen molar-refractivity contribution in [1.82, 2.24) is 10.2 Å². The molecule has 1 aliphatic rings. The number of rotatable bonds is 9. The number of carbonyl (C=O) groups excluding carboxylic acids is 3. The first kappa shape index (κ1) is 28.8. The molecule has 3 atom stereocenters. The molecule has 41 heavy (non-hydrogen) atoms. The molecule has 3 aromatic rings. The van der Waals surface area contributed by atoms with E-state index in [-0.39, 0.29) is 24.3 Å². The van der Waals surface area contributed by atoms with Gasteiger partial charge in [0.05, 0.1) is 23.6 Å². The van der Waals surface area contributed by atoms with Gasteiger partial charge in [-0.3, -0.25) is 9.59 Å². The summed E-state index contributed by atoms with van der Waals surface area (Å²) < 4.78 is 5.31. The van der Waals surface area contributed by atoms with Gasteiger partial charge < -0.3 is 30.5 Å². The summed E-state index contributed by atoms with van der Waals surface area (Å²) in [5.41, 5.74) is 0.178. The fourth-order valence-electron chi connectivity index (χ4n) is 4.94. The van der Waals surface area contributed by atoms with Crippen molar-refractivity contribution in [1.29, 1.82) is 0 Å². The number of likely N-dealkylation sites (tertiary alicyclic amines) is 1. The number of hydrogen-bond donors (Lipinski definition) is 4. The van der Waals surface area contributed by atoms with E-state index in [2.05, 4.69) is 10.6 Å². The van der Waals surface area contributed by atoms with E-state index in [0.29, 0.717) is 5.56 Å². The van der Waals surface area contributed by atoms with Gasteiger partial charge in [-0.15, -0.1) is 0 Å². The van der Waals surface area contributed by atoms with Crippen molar-refractivity contribution in [2.75, 3.05) is 11.9 Å². The van der Waals surface area contributed by atoms with Crippen LogP contribution in [0.4, 0.5) is 10.5 Å². The van der Waals surface area contributed by atoms with Crippen LogP contribution < -0.4 is 10.6 Å². The second-order valence-electron chi connectivity index (χ2n) is 9.85. The lowest BCUT2D eigenvalue weighted by atomic mass is 9.78. The first-order chi connectivity index (χ1) is 19.6. The standard InChI is InChI=1S/C30H29N3O8/c1-30(28(38)39)16-23(26(35)36)33(25(30)20-11-6-3-7-12-20)24(34)17-31-29(40)32-22-14-8-13-21(15-22)27(37)41-18-19-9-4-2-5-10-19/h2-15,23,25H,16-18H2,1H3,(H,35,36)(H,38,39)(H2,31,32,40). The van der Waals surface area contributed by atoms with Gasteiger partial charge in [0.15, 0.2) is 0 Å². The predicted octanol–water partition coefficient (Wildman–Crippen LogP) is 3.68. The largest absolute Gasteiger partial charge is 0.481 e. The van der Waals surface area contributed by atoms with Crippen LogP contribution in [-0.2, 0) is 25.7 Å². The summed E-state index contributed by atoms with van der Waals surface area (Å²) in [6, 6.07) is 20.3. The van der Waals surface area contributed by atoms with E-state index in [9.17, 15) is 34.2 Å². The van der Waals surface area contributed by atoms with Crippen LogP contribution in [0.2, 0.25) is 0 Å². The van der Waals surface area contributed by atoms with E-state index in [1.807, 2.05) is 30.3 Å². The monoisotopic (exact) mass is 559 g/mol. The zero-order chi connectivity index (χ0) is 29.6. The molecule has 1 saturated heterocycles. The quantitative estimate of drug-likeness (QED) is 0.289. The van der Waals surface area contributed by atoms with Crippen molar-refractivity contribution >= 4 is 35.5 Å². The Morgan fingerprint density at radius 2 is 1.59 bits per heavy atom. The number of hydrogen-bond acceptors (Lipinski definition) is 6. The van der Waals surface area contributed by atoms with Gasteiger partial charge in [-0.2, -0.15) is 0 Å². The summed E-state index contributed by atoms with van der Waals surface area (Å²) >= 11 is 0. The van der Waals surface area contributed by atoms with Crippen LogP contribution in [-0.4, -0.2) is 57.5 Å². The predicted molar refractivity (Wildman–Crippen MR) is 147 cm³/mol. The van der Waals surface area contributed by atoms with Crippen molar-refractivity contribution in [2.45, 2.75) is 32.0 Å². The van der Waals surface area contributed by atoms with Crippen molar-refractivity contribution in [3.05, 3.63) is 102 Å². The maximum atomic E-state index is 13.3. The number of urea groups is 1. The van der Waals surface area contributed by atoms with E-state index in [0.717, 1.165) is 10.5 Å². The number of aliphatic carboxylic acids is 2.